The van der Waals surface area contributed by atoms with Crippen LogP contribution in [0, 0.1) is 11.7 Å². The lowest BCUT2D eigenvalue weighted by Gasteiger charge is -2.35. The van der Waals surface area contributed by atoms with E-state index in [9.17, 15) is 9.18 Å². The number of hydrogen-bond acceptors (Lipinski definition) is 3. The molecule has 0 radical (unpaired) electrons. The van der Waals surface area contributed by atoms with E-state index in [-0.39, 0.29) is 23.1 Å². The Morgan fingerprint density at radius 2 is 2.07 bits per heavy atom. The van der Waals surface area contributed by atoms with Gasteiger partial charge in [0.05, 0.1) is 12.5 Å². The molecule has 0 atom stereocenters. The number of piperidine rings is 1. The van der Waals surface area contributed by atoms with Crippen molar-refractivity contribution in [2.75, 3.05) is 33.3 Å². The van der Waals surface area contributed by atoms with Gasteiger partial charge in [0.15, 0.2) is 5.96 Å². The molecule has 0 unspecified atom stereocenters. The van der Waals surface area contributed by atoms with Crippen LogP contribution in [0.15, 0.2) is 23.2 Å². The Bertz CT molecular complexity index is 686. The first-order chi connectivity index (χ1) is 12.8. The maximum atomic E-state index is 13.3. The maximum absolute atomic E-state index is 13.3. The SMILES string of the molecule is CCOC(=O)C1CCN(C(=NC)NCC(C)(C)c2ccc(F)cc2Cl)CC1. The second kappa shape index (κ2) is 9.40. The third-order valence-electron chi connectivity index (χ3n) is 4.97. The zero-order valence-electron chi connectivity index (χ0n) is 16.5. The van der Waals surface area contributed by atoms with Crippen LogP contribution < -0.4 is 5.32 Å². The van der Waals surface area contributed by atoms with Crippen molar-refractivity contribution in [2.45, 2.75) is 39.0 Å². The highest BCUT2D eigenvalue weighted by atomic mass is 35.5. The molecule has 1 N–H and O–H groups in total. The monoisotopic (exact) mass is 397 g/mol. The molecular weight excluding hydrogens is 369 g/mol. The van der Waals surface area contributed by atoms with Crippen molar-refractivity contribution in [3.63, 3.8) is 0 Å². The van der Waals surface area contributed by atoms with Crippen molar-refractivity contribution in [1.29, 1.82) is 0 Å². The van der Waals surface area contributed by atoms with Crippen molar-refractivity contribution >= 4 is 23.5 Å². The van der Waals surface area contributed by atoms with Crippen LogP contribution in [0.5, 0.6) is 0 Å². The minimum Gasteiger partial charge on any atom is -0.466 e. The normalized spacial score (nSPS) is 16.4. The molecule has 1 aliphatic rings. The summed E-state index contributed by atoms with van der Waals surface area (Å²) < 4.78 is 18.4. The Kier molecular flexibility index (Phi) is 7.48. The van der Waals surface area contributed by atoms with Gasteiger partial charge in [-0.25, -0.2) is 4.39 Å². The van der Waals surface area contributed by atoms with Crippen LogP contribution in [0.4, 0.5) is 4.39 Å². The summed E-state index contributed by atoms with van der Waals surface area (Å²) in [6.07, 6.45) is 1.51. The van der Waals surface area contributed by atoms with Crippen molar-refractivity contribution in [2.24, 2.45) is 10.9 Å². The van der Waals surface area contributed by atoms with Gasteiger partial charge in [-0.3, -0.25) is 9.79 Å². The highest BCUT2D eigenvalue weighted by Crippen LogP contribution is 2.30. The van der Waals surface area contributed by atoms with Crippen LogP contribution in [0.25, 0.3) is 0 Å². The number of ether oxygens (including phenoxy) is 1. The zero-order valence-corrected chi connectivity index (χ0v) is 17.3. The largest absolute Gasteiger partial charge is 0.466 e. The van der Waals surface area contributed by atoms with E-state index in [0.29, 0.717) is 18.2 Å². The lowest BCUT2D eigenvalue weighted by molar-refractivity contribution is -0.149. The second-order valence-corrected chi connectivity index (χ2v) is 7.83. The molecule has 0 bridgehead atoms. The summed E-state index contributed by atoms with van der Waals surface area (Å²) in [5.41, 5.74) is 0.582. The number of carbonyl (C=O) groups is 1. The van der Waals surface area contributed by atoms with Crippen molar-refractivity contribution in [1.82, 2.24) is 10.2 Å². The smallest absolute Gasteiger partial charge is 0.309 e. The Balaban J connectivity index is 1.95. The predicted octanol–water partition coefficient (Wildman–Crippen LogP) is 3.61. The number of carbonyl (C=O) groups excluding carboxylic acids is 1. The number of likely N-dealkylation sites (tertiary alicyclic amines) is 1. The summed E-state index contributed by atoms with van der Waals surface area (Å²) in [7, 11) is 1.75. The number of esters is 1. The Morgan fingerprint density at radius 3 is 2.63 bits per heavy atom. The lowest BCUT2D eigenvalue weighted by Crippen LogP contribution is -2.49. The molecule has 1 heterocycles. The number of aliphatic imine (C=N–C) groups is 1. The number of hydrogen-bond donors (Lipinski definition) is 1. The van der Waals surface area contributed by atoms with Gasteiger partial charge in [-0.05, 0) is 37.5 Å². The fourth-order valence-corrected chi connectivity index (χ4v) is 3.78. The fraction of sp³-hybridized carbons (Fsp3) is 0.600. The van der Waals surface area contributed by atoms with Gasteiger partial charge >= 0.3 is 5.97 Å². The molecule has 27 heavy (non-hydrogen) atoms. The molecule has 5 nitrogen and oxygen atoms in total. The molecule has 0 amide bonds. The van der Waals surface area contributed by atoms with Gasteiger partial charge < -0.3 is 15.0 Å². The fourth-order valence-electron chi connectivity index (χ4n) is 3.35. The van der Waals surface area contributed by atoms with Gasteiger partial charge in [0.25, 0.3) is 0 Å². The molecule has 7 heteroatoms. The summed E-state index contributed by atoms with van der Waals surface area (Å²) in [5, 5.41) is 3.82. The van der Waals surface area contributed by atoms with Gasteiger partial charge in [0, 0.05) is 37.1 Å². The van der Waals surface area contributed by atoms with E-state index in [0.717, 1.165) is 37.5 Å². The van der Waals surface area contributed by atoms with Crippen LogP contribution >= 0.6 is 11.6 Å². The Hall–Kier alpha value is -1.82. The zero-order chi connectivity index (χ0) is 20.0. The second-order valence-electron chi connectivity index (χ2n) is 7.42. The van der Waals surface area contributed by atoms with Crippen LogP contribution in [0.1, 0.15) is 39.2 Å². The maximum Gasteiger partial charge on any atom is 0.309 e. The summed E-state index contributed by atoms with van der Waals surface area (Å²) >= 11 is 6.23. The summed E-state index contributed by atoms with van der Waals surface area (Å²) in [6.45, 7) is 8.46. The van der Waals surface area contributed by atoms with Gasteiger partial charge in [-0.2, -0.15) is 0 Å². The molecule has 0 spiro atoms. The van der Waals surface area contributed by atoms with Gasteiger partial charge in [-0.1, -0.05) is 31.5 Å². The van der Waals surface area contributed by atoms with E-state index >= 15 is 0 Å². The first-order valence-electron chi connectivity index (χ1n) is 9.36. The van der Waals surface area contributed by atoms with Gasteiger partial charge in [0.1, 0.15) is 5.82 Å². The molecule has 150 valence electrons. The minimum atomic E-state index is -0.340. The number of benzene rings is 1. The first-order valence-corrected chi connectivity index (χ1v) is 9.74. The molecule has 0 aliphatic carbocycles. The standard InChI is InChI=1S/C20H29ClFN3O2/c1-5-27-18(26)14-8-10-25(11-9-14)19(23-4)24-13-20(2,3)16-7-6-15(22)12-17(16)21/h6-7,12,14H,5,8-11,13H2,1-4H3,(H,23,24). The highest BCUT2D eigenvalue weighted by Gasteiger charge is 2.29. The van der Waals surface area contributed by atoms with E-state index in [2.05, 4.69) is 29.1 Å². The molecule has 1 aromatic rings. The number of nitrogens with one attached hydrogen (secondary N) is 1. The van der Waals surface area contributed by atoms with Gasteiger partial charge in [0.2, 0.25) is 0 Å². The molecular formula is C20H29ClFN3O2. The Labute approximate surface area is 165 Å². The molecule has 0 saturated carbocycles. The average Bonchev–Trinajstić information content (AvgIpc) is 2.62. The van der Waals surface area contributed by atoms with Crippen molar-refractivity contribution < 1.29 is 13.9 Å². The van der Waals surface area contributed by atoms with Crippen LogP contribution in [0.3, 0.4) is 0 Å². The van der Waals surface area contributed by atoms with Crippen LogP contribution in [-0.2, 0) is 14.9 Å². The van der Waals surface area contributed by atoms with Crippen LogP contribution in [0.2, 0.25) is 5.02 Å². The number of nitrogens with zero attached hydrogens (tertiary/aromatic N) is 2. The third-order valence-corrected chi connectivity index (χ3v) is 5.29. The molecule has 1 saturated heterocycles. The number of rotatable bonds is 5. The molecule has 1 aliphatic heterocycles. The molecule has 2 rings (SSSR count). The van der Waals surface area contributed by atoms with E-state index in [1.807, 2.05) is 6.92 Å². The molecule has 1 aromatic carbocycles. The van der Waals surface area contributed by atoms with Gasteiger partial charge in [-0.15, -0.1) is 0 Å². The van der Waals surface area contributed by atoms with E-state index in [4.69, 9.17) is 16.3 Å². The van der Waals surface area contributed by atoms with Crippen LogP contribution in [-0.4, -0.2) is 50.1 Å². The van der Waals surface area contributed by atoms with E-state index in [1.165, 1.54) is 12.1 Å². The van der Waals surface area contributed by atoms with Crippen molar-refractivity contribution in [3.8, 4) is 0 Å². The topological polar surface area (TPSA) is 53.9 Å². The Morgan fingerprint density at radius 1 is 1.41 bits per heavy atom. The van der Waals surface area contributed by atoms with E-state index in [1.54, 1.807) is 13.1 Å². The quantitative estimate of drug-likeness (QED) is 0.468. The lowest BCUT2D eigenvalue weighted by atomic mass is 9.84. The highest BCUT2D eigenvalue weighted by molar-refractivity contribution is 6.31. The molecule has 1 fully saturated rings. The average molecular weight is 398 g/mol. The predicted molar refractivity (Wildman–Crippen MR) is 107 cm³/mol. The minimum absolute atomic E-state index is 0.0335. The number of guanidine groups is 1. The number of halogens is 2. The summed E-state index contributed by atoms with van der Waals surface area (Å²) in [5.74, 6) is 0.317. The summed E-state index contributed by atoms with van der Waals surface area (Å²) in [6, 6.07) is 4.50. The summed E-state index contributed by atoms with van der Waals surface area (Å²) in [4.78, 5) is 18.4. The third kappa shape index (κ3) is 5.58. The van der Waals surface area contributed by atoms with Crippen molar-refractivity contribution in [3.05, 3.63) is 34.6 Å². The molecule has 0 aromatic heterocycles. The first kappa shape index (κ1) is 21.5. The van der Waals surface area contributed by atoms with E-state index < -0.39 is 0 Å².